The predicted molar refractivity (Wildman–Crippen MR) is 53.0 cm³/mol. The summed E-state index contributed by atoms with van der Waals surface area (Å²) in [4.78, 5) is -0.210. The smallest absolute Gasteiger partial charge is 0.294 e. The van der Waals surface area contributed by atoms with Crippen molar-refractivity contribution in [1.29, 1.82) is 0 Å². The average molecular weight is 232 g/mol. The molecule has 0 aliphatic carbocycles. The van der Waals surface area contributed by atoms with Crippen LogP contribution in [-0.2, 0) is 19.6 Å². The lowest BCUT2D eigenvalue weighted by atomic mass is 10.2. The molecule has 5 nitrogen and oxygen atoms in total. The van der Waals surface area contributed by atoms with E-state index in [4.69, 9.17) is 14.0 Å². The van der Waals surface area contributed by atoms with Crippen LogP contribution in [0.25, 0.3) is 0 Å². The highest BCUT2D eigenvalue weighted by atomic mass is 32.2. The Bertz CT molecular complexity index is 422. The molecule has 0 saturated carbocycles. The van der Waals surface area contributed by atoms with Crippen LogP contribution in [-0.4, -0.2) is 27.2 Å². The lowest BCUT2D eigenvalue weighted by Gasteiger charge is -2.15. The van der Waals surface area contributed by atoms with Crippen molar-refractivity contribution in [1.82, 2.24) is 0 Å². The number of rotatable bonds is 4. The Hall–Kier alpha value is -0.950. The standard InChI is InChI=1S/C9H12O5S/c1-13-9(14-2)7-5-3-4-6-8(7)15(10,11)12/h3-6,9H,1-2H3,(H,10,11,12). The number of methoxy groups -OCH3 is 2. The van der Waals surface area contributed by atoms with E-state index in [1.807, 2.05) is 0 Å². The minimum atomic E-state index is -4.26. The van der Waals surface area contributed by atoms with Gasteiger partial charge in [0.05, 0.1) is 0 Å². The summed E-state index contributed by atoms with van der Waals surface area (Å²) >= 11 is 0. The monoisotopic (exact) mass is 232 g/mol. The molecular formula is C9H12O5S. The van der Waals surface area contributed by atoms with Crippen molar-refractivity contribution in [2.24, 2.45) is 0 Å². The second-order valence-corrected chi connectivity index (χ2v) is 4.21. The number of benzene rings is 1. The quantitative estimate of drug-likeness (QED) is 0.624. The normalized spacial score (nSPS) is 12.0. The summed E-state index contributed by atoms with van der Waals surface area (Å²) in [5.74, 6) is 0. The molecule has 0 saturated heterocycles. The van der Waals surface area contributed by atoms with Gasteiger partial charge in [0.15, 0.2) is 6.29 Å². The summed E-state index contributed by atoms with van der Waals surface area (Å²) in [6.07, 6.45) is -0.817. The molecule has 6 heteroatoms. The van der Waals surface area contributed by atoms with Gasteiger partial charge >= 0.3 is 0 Å². The van der Waals surface area contributed by atoms with Crippen LogP contribution in [0.2, 0.25) is 0 Å². The van der Waals surface area contributed by atoms with E-state index in [0.29, 0.717) is 0 Å². The van der Waals surface area contributed by atoms with E-state index >= 15 is 0 Å². The molecule has 0 amide bonds. The third-order valence-corrected chi connectivity index (χ3v) is 2.81. The SMILES string of the molecule is COC(OC)c1ccccc1S(=O)(=O)O. The summed E-state index contributed by atoms with van der Waals surface area (Å²) in [6.45, 7) is 0. The molecule has 84 valence electrons. The molecule has 0 aromatic heterocycles. The second-order valence-electron chi connectivity index (χ2n) is 2.82. The van der Waals surface area contributed by atoms with E-state index in [0.717, 1.165) is 0 Å². The van der Waals surface area contributed by atoms with Gasteiger partial charge in [-0.2, -0.15) is 8.42 Å². The van der Waals surface area contributed by atoms with Gasteiger partial charge in [-0.3, -0.25) is 4.55 Å². The van der Waals surface area contributed by atoms with Crippen molar-refractivity contribution in [3.05, 3.63) is 29.8 Å². The molecule has 0 fully saturated rings. The number of hydrogen-bond donors (Lipinski definition) is 1. The van der Waals surface area contributed by atoms with Gasteiger partial charge in [-0.15, -0.1) is 0 Å². The Morgan fingerprint density at radius 2 is 1.73 bits per heavy atom. The topological polar surface area (TPSA) is 72.8 Å². The van der Waals surface area contributed by atoms with Gasteiger partial charge in [0.25, 0.3) is 10.1 Å². The molecule has 15 heavy (non-hydrogen) atoms. The molecule has 0 unspecified atom stereocenters. The maximum absolute atomic E-state index is 11.0. The Balaban J connectivity index is 3.29. The van der Waals surface area contributed by atoms with Crippen molar-refractivity contribution in [3.8, 4) is 0 Å². The highest BCUT2D eigenvalue weighted by Gasteiger charge is 2.20. The first kappa shape index (κ1) is 12.1. The minimum Gasteiger partial charge on any atom is -0.352 e. The van der Waals surface area contributed by atoms with E-state index in [1.54, 1.807) is 6.07 Å². The van der Waals surface area contributed by atoms with E-state index in [-0.39, 0.29) is 10.5 Å². The second kappa shape index (κ2) is 4.71. The molecule has 1 aromatic rings. The predicted octanol–water partition coefficient (Wildman–Crippen LogP) is 1.22. The van der Waals surface area contributed by atoms with Crippen LogP contribution >= 0.6 is 0 Å². The number of ether oxygens (including phenoxy) is 2. The molecule has 0 aliphatic rings. The zero-order valence-electron chi connectivity index (χ0n) is 8.38. The lowest BCUT2D eigenvalue weighted by Crippen LogP contribution is -2.10. The molecule has 1 rings (SSSR count). The molecule has 0 aliphatic heterocycles. The molecule has 0 bridgehead atoms. The lowest BCUT2D eigenvalue weighted by molar-refractivity contribution is -0.107. The van der Waals surface area contributed by atoms with Crippen LogP contribution in [0.1, 0.15) is 11.9 Å². The maximum atomic E-state index is 11.0. The maximum Gasteiger partial charge on any atom is 0.294 e. The highest BCUT2D eigenvalue weighted by Crippen LogP contribution is 2.24. The summed E-state index contributed by atoms with van der Waals surface area (Å²) in [5.41, 5.74) is 0.269. The first-order chi connectivity index (χ1) is 7.00. The minimum absolute atomic E-state index is 0.210. The zero-order chi connectivity index (χ0) is 11.5. The van der Waals surface area contributed by atoms with Gasteiger partial charge in [0, 0.05) is 19.8 Å². The fourth-order valence-corrected chi connectivity index (χ4v) is 1.97. The first-order valence-corrected chi connectivity index (χ1v) is 5.56. The molecule has 0 atom stereocenters. The summed E-state index contributed by atoms with van der Waals surface area (Å²) in [7, 11) is -1.49. The van der Waals surface area contributed by atoms with Crippen molar-refractivity contribution < 1.29 is 22.4 Å². The van der Waals surface area contributed by atoms with Crippen LogP contribution in [0.5, 0.6) is 0 Å². The van der Waals surface area contributed by atoms with Gasteiger partial charge in [0.2, 0.25) is 0 Å². The van der Waals surface area contributed by atoms with Gasteiger partial charge in [-0.1, -0.05) is 18.2 Å². The van der Waals surface area contributed by atoms with Crippen molar-refractivity contribution >= 4 is 10.1 Å². The number of hydrogen-bond acceptors (Lipinski definition) is 4. The van der Waals surface area contributed by atoms with Crippen LogP contribution in [0.3, 0.4) is 0 Å². The molecule has 0 heterocycles. The first-order valence-electron chi connectivity index (χ1n) is 4.12. The molecule has 0 spiro atoms. The van der Waals surface area contributed by atoms with Gasteiger partial charge in [-0.25, -0.2) is 0 Å². The third-order valence-electron chi connectivity index (χ3n) is 1.88. The van der Waals surface area contributed by atoms with Crippen LogP contribution in [0, 0.1) is 0 Å². The molecule has 1 N–H and O–H groups in total. The molecule has 1 aromatic carbocycles. The Labute approximate surface area is 88.4 Å². The van der Waals surface area contributed by atoms with Crippen LogP contribution in [0.15, 0.2) is 29.2 Å². The third kappa shape index (κ3) is 2.75. The average Bonchev–Trinajstić information content (AvgIpc) is 2.19. The van der Waals surface area contributed by atoms with E-state index in [9.17, 15) is 8.42 Å². The largest absolute Gasteiger partial charge is 0.352 e. The highest BCUT2D eigenvalue weighted by molar-refractivity contribution is 7.85. The van der Waals surface area contributed by atoms with Gasteiger partial charge in [-0.05, 0) is 6.07 Å². The fraction of sp³-hybridized carbons (Fsp3) is 0.333. The van der Waals surface area contributed by atoms with Gasteiger partial charge < -0.3 is 9.47 Å². The van der Waals surface area contributed by atoms with E-state index < -0.39 is 16.4 Å². The summed E-state index contributed by atoms with van der Waals surface area (Å²) < 4.78 is 40.9. The zero-order valence-corrected chi connectivity index (χ0v) is 9.19. The Morgan fingerprint density at radius 1 is 1.20 bits per heavy atom. The van der Waals surface area contributed by atoms with Crippen molar-refractivity contribution in [2.75, 3.05) is 14.2 Å². The van der Waals surface area contributed by atoms with Gasteiger partial charge in [0.1, 0.15) is 4.90 Å². The summed E-state index contributed by atoms with van der Waals surface area (Å²) in [6, 6.07) is 5.94. The van der Waals surface area contributed by atoms with E-state index in [1.165, 1.54) is 32.4 Å². The Morgan fingerprint density at radius 3 is 2.20 bits per heavy atom. The molecular weight excluding hydrogens is 220 g/mol. The van der Waals surface area contributed by atoms with Crippen molar-refractivity contribution in [2.45, 2.75) is 11.2 Å². The van der Waals surface area contributed by atoms with Crippen molar-refractivity contribution in [3.63, 3.8) is 0 Å². The van der Waals surface area contributed by atoms with E-state index in [2.05, 4.69) is 0 Å². The summed E-state index contributed by atoms with van der Waals surface area (Å²) in [5, 5.41) is 0. The molecule has 0 radical (unpaired) electrons. The van der Waals surface area contributed by atoms with Crippen LogP contribution < -0.4 is 0 Å². The van der Waals surface area contributed by atoms with Crippen LogP contribution in [0.4, 0.5) is 0 Å². The fourth-order valence-electron chi connectivity index (χ4n) is 1.26. The Kier molecular flexibility index (Phi) is 3.81.